The molecule has 0 saturated carbocycles. The molecule has 3 rings (SSSR count). The monoisotopic (exact) mass is 395 g/mol. The number of aliphatic hydroxyl groups is 1. The van der Waals surface area contributed by atoms with Crippen molar-refractivity contribution >= 4 is 33.0 Å². The normalized spacial score (nSPS) is 18.1. The maximum Gasteiger partial charge on any atom is 0.277 e. The van der Waals surface area contributed by atoms with Crippen molar-refractivity contribution in [2.45, 2.75) is 4.90 Å². The Morgan fingerprint density at radius 1 is 1.22 bits per heavy atom. The largest absolute Gasteiger partial charge is 0.395 e. The number of anilines is 2. The van der Waals surface area contributed by atoms with E-state index in [0.717, 1.165) is 22.9 Å². The van der Waals surface area contributed by atoms with E-state index in [1.54, 1.807) is 12.1 Å². The average molecular weight is 395 g/mol. The van der Waals surface area contributed by atoms with Gasteiger partial charge in [0.1, 0.15) is 5.70 Å². The molecule has 2 aliphatic heterocycles. The van der Waals surface area contributed by atoms with Crippen molar-refractivity contribution in [1.82, 2.24) is 4.90 Å². The molecule has 2 N–H and O–H groups in total. The number of nitrogens with zero attached hydrogens (tertiary/aromatic N) is 2. The number of benzene rings is 1. The molecule has 0 aliphatic carbocycles. The minimum atomic E-state index is -3.56. The Morgan fingerprint density at radius 3 is 2.56 bits per heavy atom. The fourth-order valence-electron chi connectivity index (χ4n) is 3.01. The zero-order chi connectivity index (χ0) is 19.6. The number of nitrogens with one attached hydrogen (secondary N) is 1. The van der Waals surface area contributed by atoms with Crippen LogP contribution in [0.25, 0.3) is 0 Å². The number of ether oxygens (including phenoxy) is 1. The van der Waals surface area contributed by atoms with E-state index < -0.39 is 21.7 Å². The quantitative estimate of drug-likeness (QED) is 0.624. The molecule has 27 heavy (non-hydrogen) atoms. The van der Waals surface area contributed by atoms with Gasteiger partial charge in [-0.05, 0) is 18.2 Å². The average Bonchev–Trinajstić information content (AvgIpc) is 2.89. The lowest BCUT2D eigenvalue weighted by atomic mass is 10.2. The van der Waals surface area contributed by atoms with Gasteiger partial charge in [0.05, 0.1) is 36.9 Å². The van der Waals surface area contributed by atoms with Gasteiger partial charge in [-0.1, -0.05) is 0 Å². The lowest BCUT2D eigenvalue weighted by molar-refractivity contribution is -0.137. The molecule has 0 radical (unpaired) electrons. The first-order valence-electron chi connectivity index (χ1n) is 8.43. The van der Waals surface area contributed by atoms with Crippen LogP contribution in [0.15, 0.2) is 34.9 Å². The molecule has 1 saturated heterocycles. The number of carbonyl (C=O) groups excluding carboxylic acids is 2. The van der Waals surface area contributed by atoms with E-state index >= 15 is 0 Å². The topological polar surface area (TPSA) is 116 Å². The van der Waals surface area contributed by atoms with E-state index in [1.165, 1.54) is 6.07 Å². The van der Waals surface area contributed by atoms with Crippen molar-refractivity contribution in [2.75, 3.05) is 55.9 Å². The summed E-state index contributed by atoms with van der Waals surface area (Å²) in [4.78, 5) is 27.2. The van der Waals surface area contributed by atoms with Crippen LogP contribution in [0.3, 0.4) is 0 Å². The second kappa shape index (κ2) is 7.67. The fraction of sp³-hybridized carbons (Fsp3) is 0.412. The van der Waals surface area contributed by atoms with Gasteiger partial charge < -0.3 is 20.1 Å². The predicted octanol–water partition coefficient (Wildman–Crippen LogP) is -0.416. The van der Waals surface area contributed by atoms with Gasteiger partial charge in [-0.15, -0.1) is 0 Å². The van der Waals surface area contributed by atoms with Crippen molar-refractivity contribution in [3.05, 3.63) is 30.0 Å². The highest BCUT2D eigenvalue weighted by molar-refractivity contribution is 7.90. The van der Waals surface area contributed by atoms with E-state index in [0.29, 0.717) is 26.3 Å². The number of rotatable bonds is 6. The third-order valence-electron chi connectivity index (χ3n) is 4.34. The second-order valence-corrected chi connectivity index (χ2v) is 8.24. The van der Waals surface area contributed by atoms with Gasteiger partial charge in [0.25, 0.3) is 11.8 Å². The van der Waals surface area contributed by atoms with Crippen LogP contribution in [-0.4, -0.2) is 75.9 Å². The zero-order valence-electron chi connectivity index (χ0n) is 14.8. The Hall–Kier alpha value is -2.43. The predicted molar refractivity (Wildman–Crippen MR) is 98.1 cm³/mol. The summed E-state index contributed by atoms with van der Waals surface area (Å²) in [6.07, 6.45) is 2.18. The summed E-state index contributed by atoms with van der Waals surface area (Å²) in [5, 5.41) is 11.8. The highest BCUT2D eigenvalue weighted by atomic mass is 32.2. The number of imide groups is 1. The summed E-state index contributed by atoms with van der Waals surface area (Å²) in [5.74, 6) is -1.16. The highest BCUT2D eigenvalue weighted by Gasteiger charge is 2.31. The van der Waals surface area contributed by atoms with Gasteiger partial charge in [-0.25, -0.2) is 8.42 Å². The molecule has 0 spiro atoms. The molecule has 146 valence electrons. The van der Waals surface area contributed by atoms with Gasteiger partial charge in [0, 0.05) is 31.1 Å². The summed E-state index contributed by atoms with van der Waals surface area (Å²) in [5.41, 5.74) is 0.981. The van der Waals surface area contributed by atoms with Crippen LogP contribution < -0.4 is 10.2 Å². The number of aliphatic hydroxyl groups excluding tert-OH is 1. The van der Waals surface area contributed by atoms with E-state index in [4.69, 9.17) is 9.84 Å². The van der Waals surface area contributed by atoms with E-state index in [9.17, 15) is 18.0 Å². The zero-order valence-corrected chi connectivity index (χ0v) is 15.7. The third kappa shape index (κ3) is 4.12. The molecule has 0 bridgehead atoms. The number of sulfone groups is 1. The minimum absolute atomic E-state index is 0.0290. The van der Waals surface area contributed by atoms with Crippen LogP contribution in [0.4, 0.5) is 11.4 Å². The lowest BCUT2D eigenvalue weighted by Gasteiger charge is -2.29. The first-order valence-corrected chi connectivity index (χ1v) is 10.3. The fourth-order valence-corrected chi connectivity index (χ4v) is 3.84. The highest BCUT2D eigenvalue weighted by Crippen LogP contribution is 2.30. The molecule has 2 amide bonds. The van der Waals surface area contributed by atoms with Crippen LogP contribution in [0.1, 0.15) is 0 Å². The maximum absolute atomic E-state index is 12.3. The molecule has 0 unspecified atom stereocenters. The Bertz CT molecular complexity index is 890. The van der Waals surface area contributed by atoms with Crippen molar-refractivity contribution in [3.8, 4) is 0 Å². The minimum Gasteiger partial charge on any atom is -0.395 e. The van der Waals surface area contributed by atoms with Crippen LogP contribution in [0, 0.1) is 0 Å². The van der Waals surface area contributed by atoms with Gasteiger partial charge in [0.15, 0.2) is 9.84 Å². The van der Waals surface area contributed by atoms with Gasteiger partial charge >= 0.3 is 0 Å². The number of amides is 2. The molecule has 1 aromatic carbocycles. The van der Waals surface area contributed by atoms with Crippen molar-refractivity contribution in [3.63, 3.8) is 0 Å². The van der Waals surface area contributed by atoms with E-state index in [-0.39, 0.29) is 29.4 Å². The molecule has 0 aromatic heterocycles. The van der Waals surface area contributed by atoms with Crippen molar-refractivity contribution < 1.29 is 27.9 Å². The lowest BCUT2D eigenvalue weighted by Crippen LogP contribution is -2.36. The molecule has 2 heterocycles. The van der Waals surface area contributed by atoms with Crippen molar-refractivity contribution in [1.29, 1.82) is 0 Å². The van der Waals surface area contributed by atoms with Crippen LogP contribution in [0.5, 0.6) is 0 Å². The smallest absolute Gasteiger partial charge is 0.277 e. The number of hydrogen-bond donors (Lipinski definition) is 2. The van der Waals surface area contributed by atoms with E-state index in [1.807, 2.05) is 0 Å². The van der Waals surface area contributed by atoms with Crippen LogP contribution in [0.2, 0.25) is 0 Å². The van der Waals surface area contributed by atoms with Gasteiger partial charge in [-0.2, -0.15) is 0 Å². The van der Waals surface area contributed by atoms with Crippen LogP contribution in [-0.2, 0) is 24.2 Å². The molecule has 1 fully saturated rings. The molecule has 1 aromatic rings. The Kier molecular flexibility index (Phi) is 5.49. The molecule has 10 heteroatoms. The van der Waals surface area contributed by atoms with Gasteiger partial charge in [0.2, 0.25) is 0 Å². The molecule has 9 nitrogen and oxygen atoms in total. The molecule has 2 aliphatic rings. The van der Waals surface area contributed by atoms with Crippen LogP contribution >= 0.6 is 0 Å². The summed E-state index contributed by atoms with van der Waals surface area (Å²) in [7, 11) is -3.56. The molecule has 0 atom stereocenters. The summed E-state index contributed by atoms with van der Waals surface area (Å²) < 4.78 is 29.6. The number of hydrogen-bond acceptors (Lipinski definition) is 8. The standard InChI is InChI=1S/C17H21N3O6S/c1-27(24,25)15-3-2-12(19-5-8-26-9-6-19)10-13(15)18-14-11-16(22)20(4-7-21)17(14)23/h2-3,10-11,18,21H,4-9H2,1H3. The number of morpholine rings is 1. The molecular formula is C17H21N3O6S. The summed E-state index contributed by atoms with van der Waals surface area (Å²) in [6, 6.07) is 4.84. The summed E-state index contributed by atoms with van der Waals surface area (Å²) >= 11 is 0. The Balaban J connectivity index is 1.94. The first kappa shape index (κ1) is 19.3. The van der Waals surface area contributed by atoms with E-state index in [2.05, 4.69) is 10.2 Å². The second-order valence-electron chi connectivity index (χ2n) is 6.25. The number of β-amino-alcohol motifs (C(OH)–C–C–N with tert-alkyl or cyclic N) is 1. The van der Waals surface area contributed by atoms with Gasteiger partial charge in [-0.3, -0.25) is 14.5 Å². The molecular weight excluding hydrogens is 374 g/mol. The van der Waals surface area contributed by atoms with Crippen molar-refractivity contribution in [2.24, 2.45) is 0 Å². The Morgan fingerprint density at radius 2 is 1.93 bits per heavy atom. The summed E-state index contributed by atoms with van der Waals surface area (Å²) in [6.45, 7) is 2.02. The SMILES string of the molecule is CS(=O)(=O)c1ccc(N2CCOCC2)cc1NC1=CC(=O)N(CCO)C1=O. The maximum atomic E-state index is 12.3. The first-order chi connectivity index (χ1) is 12.8. The Labute approximate surface area is 157 Å². The number of carbonyl (C=O) groups is 2. The third-order valence-corrected chi connectivity index (χ3v) is 5.50.